The van der Waals surface area contributed by atoms with Crippen molar-refractivity contribution in [3.05, 3.63) is 29.6 Å². The molecule has 1 saturated heterocycles. The summed E-state index contributed by atoms with van der Waals surface area (Å²) in [6.45, 7) is 2.00. The van der Waals surface area contributed by atoms with Crippen LogP contribution in [0.25, 0.3) is 0 Å². The van der Waals surface area contributed by atoms with E-state index in [4.69, 9.17) is 10.5 Å². The zero-order valence-electron chi connectivity index (χ0n) is 10.9. The quantitative estimate of drug-likeness (QED) is 0.892. The summed E-state index contributed by atoms with van der Waals surface area (Å²) < 4.78 is 19.3. The monoisotopic (exact) mass is 252 g/mol. The number of rotatable bonds is 4. The second-order valence-electron chi connectivity index (χ2n) is 4.91. The third kappa shape index (κ3) is 3.21. The molecule has 0 radical (unpaired) electrons. The molecule has 4 heteroatoms. The number of hydrogen-bond donors (Lipinski definition) is 1. The average Bonchev–Trinajstić information content (AvgIpc) is 2.39. The van der Waals surface area contributed by atoms with Gasteiger partial charge in [-0.05, 0) is 44.1 Å². The molecule has 0 saturated carbocycles. The van der Waals surface area contributed by atoms with Crippen LogP contribution < -0.4 is 10.5 Å². The Kier molecular flexibility index (Phi) is 4.55. The van der Waals surface area contributed by atoms with E-state index in [1.807, 2.05) is 6.07 Å². The highest BCUT2D eigenvalue weighted by atomic mass is 19.1. The summed E-state index contributed by atoms with van der Waals surface area (Å²) in [5.74, 6) is 0.00239. The molecule has 1 aliphatic heterocycles. The zero-order valence-corrected chi connectivity index (χ0v) is 10.9. The number of piperidine rings is 1. The van der Waals surface area contributed by atoms with Crippen LogP contribution in [0.3, 0.4) is 0 Å². The molecule has 0 bridgehead atoms. The van der Waals surface area contributed by atoms with Crippen molar-refractivity contribution < 1.29 is 9.13 Å². The van der Waals surface area contributed by atoms with Crippen molar-refractivity contribution in [1.82, 2.24) is 4.90 Å². The fraction of sp³-hybridized carbons (Fsp3) is 0.571. The number of benzene rings is 1. The molecule has 1 aliphatic rings. The van der Waals surface area contributed by atoms with E-state index in [9.17, 15) is 4.39 Å². The summed E-state index contributed by atoms with van der Waals surface area (Å²) in [4.78, 5) is 2.29. The van der Waals surface area contributed by atoms with E-state index >= 15 is 0 Å². The van der Waals surface area contributed by atoms with E-state index in [0.29, 0.717) is 24.9 Å². The Balaban J connectivity index is 1.93. The van der Waals surface area contributed by atoms with Gasteiger partial charge < -0.3 is 15.4 Å². The van der Waals surface area contributed by atoms with Crippen molar-refractivity contribution in [2.45, 2.75) is 31.8 Å². The Morgan fingerprint density at radius 2 is 2.28 bits per heavy atom. The molecule has 1 fully saturated rings. The van der Waals surface area contributed by atoms with Gasteiger partial charge in [-0.1, -0.05) is 12.5 Å². The summed E-state index contributed by atoms with van der Waals surface area (Å²) in [5, 5.41) is 0. The standard InChI is InChI=1S/C14H21FN2O/c1-17-7-3-2-4-12(17)10-18-14-6-5-11(9-16)8-13(14)15/h5-6,8,12H,2-4,7,9-10,16H2,1H3. The van der Waals surface area contributed by atoms with Crippen molar-refractivity contribution in [3.63, 3.8) is 0 Å². The Bertz CT molecular complexity index is 397. The van der Waals surface area contributed by atoms with E-state index in [1.54, 1.807) is 6.07 Å². The van der Waals surface area contributed by atoms with Crippen LogP contribution >= 0.6 is 0 Å². The fourth-order valence-corrected chi connectivity index (χ4v) is 2.33. The molecule has 1 unspecified atom stereocenters. The number of hydrogen-bond acceptors (Lipinski definition) is 3. The first-order valence-corrected chi connectivity index (χ1v) is 6.52. The predicted octanol–water partition coefficient (Wildman–Crippen LogP) is 2.15. The summed E-state index contributed by atoms with van der Waals surface area (Å²) >= 11 is 0. The molecule has 1 heterocycles. The fourth-order valence-electron chi connectivity index (χ4n) is 2.33. The molecule has 2 N–H and O–H groups in total. The lowest BCUT2D eigenvalue weighted by atomic mass is 10.0. The molecule has 0 aliphatic carbocycles. The first-order valence-electron chi connectivity index (χ1n) is 6.52. The molecule has 2 rings (SSSR count). The largest absolute Gasteiger partial charge is 0.489 e. The SMILES string of the molecule is CN1CCCCC1COc1ccc(CN)cc1F. The first kappa shape index (κ1) is 13.3. The molecule has 100 valence electrons. The molecule has 1 aromatic carbocycles. The van der Waals surface area contributed by atoms with Crippen LogP contribution in [0.5, 0.6) is 5.75 Å². The average molecular weight is 252 g/mol. The molecule has 0 spiro atoms. The van der Waals surface area contributed by atoms with Crippen LogP contribution in [0.1, 0.15) is 24.8 Å². The second kappa shape index (κ2) is 6.16. The van der Waals surface area contributed by atoms with E-state index < -0.39 is 0 Å². The summed E-state index contributed by atoms with van der Waals surface area (Å²) in [6, 6.07) is 5.32. The van der Waals surface area contributed by atoms with Crippen molar-refractivity contribution in [3.8, 4) is 5.75 Å². The Hall–Kier alpha value is -1.13. The van der Waals surface area contributed by atoms with Crippen molar-refractivity contribution in [2.75, 3.05) is 20.2 Å². The lowest BCUT2D eigenvalue weighted by molar-refractivity contribution is 0.123. The minimum absolute atomic E-state index is 0.323. The highest BCUT2D eigenvalue weighted by molar-refractivity contribution is 5.29. The molecule has 1 atom stereocenters. The van der Waals surface area contributed by atoms with Gasteiger partial charge in [-0.15, -0.1) is 0 Å². The molecule has 18 heavy (non-hydrogen) atoms. The third-order valence-electron chi connectivity index (χ3n) is 3.58. The van der Waals surface area contributed by atoms with Crippen LogP contribution in [-0.4, -0.2) is 31.1 Å². The summed E-state index contributed by atoms with van der Waals surface area (Å²) in [7, 11) is 2.10. The normalized spacial score (nSPS) is 20.9. The second-order valence-corrected chi connectivity index (χ2v) is 4.91. The minimum Gasteiger partial charge on any atom is -0.489 e. The summed E-state index contributed by atoms with van der Waals surface area (Å²) in [5.41, 5.74) is 6.25. The van der Waals surface area contributed by atoms with E-state index in [-0.39, 0.29) is 5.82 Å². The van der Waals surface area contributed by atoms with Gasteiger partial charge in [0.1, 0.15) is 6.61 Å². The van der Waals surface area contributed by atoms with Gasteiger partial charge in [0.15, 0.2) is 11.6 Å². The van der Waals surface area contributed by atoms with Gasteiger partial charge in [-0.25, -0.2) is 4.39 Å². The van der Waals surface area contributed by atoms with E-state index in [2.05, 4.69) is 11.9 Å². The van der Waals surface area contributed by atoms with Gasteiger partial charge in [0.2, 0.25) is 0 Å². The van der Waals surface area contributed by atoms with Crippen LogP contribution in [0.4, 0.5) is 4.39 Å². The summed E-state index contributed by atoms with van der Waals surface area (Å²) in [6.07, 6.45) is 3.60. The van der Waals surface area contributed by atoms with Gasteiger partial charge >= 0.3 is 0 Å². The lowest BCUT2D eigenvalue weighted by Crippen LogP contribution is -2.40. The minimum atomic E-state index is -0.323. The Morgan fingerprint density at radius 1 is 1.44 bits per heavy atom. The number of likely N-dealkylation sites (tertiary alicyclic amines) is 1. The van der Waals surface area contributed by atoms with Crippen LogP contribution in [0.2, 0.25) is 0 Å². The zero-order chi connectivity index (χ0) is 13.0. The number of ether oxygens (including phenoxy) is 1. The van der Waals surface area contributed by atoms with E-state index in [1.165, 1.54) is 18.9 Å². The molecule has 1 aromatic rings. The van der Waals surface area contributed by atoms with Crippen LogP contribution in [0.15, 0.2) is 18.2 Å². The maximum atomic E-state index is 13.7. The number of likely N-dealkylation sites (N-methyl/N-ethyl adjacent to an activating group) is 1. The topological polar surface area (TPSA) is 38.5 Å². The maximum Gasteiger partial charge on any atom is 0.165 e. The van der Waals surface area contributed by atoms with Gasteiger partial charge in [0.05, 0.1) is 0 Å². The highest BCUT2D eigenvalue weighted by Crippen LogP contribution is 2.21. The van der Waals surface area contributed by atoms with Crippen LogP contribution in [0, 0.1) is 5.82 Å². The van der Waals surface area contributed by atoms with Crippen molar-refractivity contribution in [1.29, 1.82) is 0 Å². The number of nitrogens with zero attached hydrogens (tertiary/aromatic N) is 1. The van der Waals surface area contributed by atoms with Gasteiger partial charge in [-0.2, -0.15) is 0 Å². The van der Waals surface area contributed by atoms with Gasteiger partial charge in [0.25, 0.3) is 0 Å². The van der Waals surface area contributed by atoms with Crippen molar-refractivity contribution in [2.24, 2.45) is 5.73 Å². The van der Waals surface area contributed by atoms with Crippen LogP contribution in [-0.2, 0) is 6.54 Å². The molecular formula is C14H21FN2O. The predicted molar refractivity (Wildman–Crippen MR) is 70.1 cm³/mol. The molecule has 0 aromatic heterocycles. The van der Waals surface area contributed by atoms with Crippen molar-refractivity contribution >= 4 is 0 Å². The highest BCUT2D eigenvalue weighted by Gasteiger charge is 2.19. The number of nitrogens with two attached hydrogens (primary N) is 1. The van der Waals surface area contributed by atoms with Gasteiger partial charge in [-0.3, -0.25) is 0 Å². The Labute approximate surface area is 108 Å². The third-order valence-corrected chi connectivity index (χ3v) is 3.58. The molecule has 0 amide bonds. The lowest BCUT2D eigenvalue weighted by Gasteiger charge is -2.32. The first-order chi connectivity index (χ1) is 8.70. The molecular weight excluding hydrogens is 231 g/mol. The smallest absolute Gasteiger partial charge is 0.165 e. The molecule has 3 nitrogen and oxygen atoms in total. The van der Waals surface area contributed by atoms with E-state index in [0.717, 1.165) is 18.5 Å². The van der Waals surface area contributed by atoms with Gasteiger partial charge in [0, 0.05) is 12.6 Å². The Morgan fingerprint density at radius 3 is 2.94 bits per heavy atom. The number of halogens is 1. The maximum absolute atomic E-state index is 13.7.